The third-order valence-electron chi connectivity index (χ3n) is 5.53. The summed E-state index contributed by atoms with van der Waals surface area (Å²) in [5, 5.41) is 14.2. The molecule has 5 rings (SSSR count). The van der Waals surface area contributed by atoms with Crippen LogP contribution in [0.25, 0.3) is 28.2 Å². The number of hydrogen-bond acceptors (Lipinski definition) is 5. The number of phenols is 1. The number of phenolic OH excluding ortho intramolecular Hbond substituents is 1. The topological polar surface area (TPSA) is 75.4 Å². The van der Waals surface area contributed by atoms with Crippen molar-refractivity contribution < 1.29 is 14.3 Å². The second-order valence-corrected chi connectivity index (χ2v) is 8.82. The van der Waals surface area contributed by atoms with Crippen LogP contribution in [0.3, 0.4) is 0 Å². The van der Waals surface area contributed by atoms with Crippen LogP contribution in [0, 0.1) is 0 Å². The molecule has 7 heteroatoms. The van der Waals surface area contributed by atoms with Crippen LogP contribution in [-0.4, -0.2) is 20.9 Å². The van der Waals surface area contributed by atoms with Gasteiger partial charge >= 0.3 is 0 Å². The fraction of sp³-hybridized carbons (Fsp3) is 0.0357. The maximum atomic E-state index is 12.8. The van der Waals surface area contributed by atoms with Crippen molar-refractivity contribution in [1.82, 2.24) is 4.98 Å². The first-order valence-electron chi connectivity index (χ1n) is 10.9. The molecule has 0 bridgehead atoms. The van der Waals surface area contributed by atoms with E-state index >= 15 is 0 Å². The van der Waals surface area contributed by atoms with E-state index in [1.165, 1.54) is 0 Å². The van der Waals surface area contributed by atoms with Gasteiger partial charge in [-0.1, -0.05) is 78.4 Å². The second-order valence-electron chi connectivity index (χ2n) is 7.89. The van der Waals surface area contributed by atoms with E-state index in [1.54, 1.807) is 42.5 Å². The summed E-state index contributed by atoms with van der Waals surface area (Å²) in [4.78, 5) is 18.2. The van der Waals surface area contributed by atoms with E-state index in [4.69, 9.17) is 28.2 Å². The first kappa shape index (κ1) is 22.8. The summed E-state index contributed by atoms with van der Waals surface area (Å²) in [6, 6.07) is 21.4. The summed E-state index contributed by atoms with van der Waals surface area (Å²) in [6.45, 7) is 0. The minimum atomic E-state index is -0.340. The quantitative estimate of drug-likeness (QED) is 0.282. The second kappa shape index (κ2) is 9.70. The van der Waals surface area contributed by atoms with Gasteiger partial charge in [0, 0.05) is 27.4 Å². The Morgan fingerprint density at radius 1 is 1.03 bits per heavy atom. The van der Waals surface area contributed by atoms with Gasteiger partial charge in [-0.3, -0.25) is 10.1 Å². The third kappa shape index (κ3) is 4.80. The summed E-state index contributed by atoms with van der Waals surface area (Å²) in [7, 11) is 0. The number of nitrogens with zero attached hydrogens (tertiary/aromatic N) is 1. The van der Waals surface area contributed by atoms with Crippen LogP contribution in [0.1, 0.15) is 22.5 Å². The van der Waals surface area contributed by atoms with Crippen molar-refractivity contribution >= 4 is 46.0 Å². The zero-order chi connectivity index (χ0) is 24.4. The molecule has 0 fully saturated rings. The molecule has 0 spiro atoms. The van der Waals surface area contributed by atoms with Crippen LogP contribution < -0.4 is 5.32 Å². The van der Waals surface area contributed by atoms with Gasteiger partial charge in [-0.2, -0.15) is 0 Å². The first-order valence-corrected chi connectivity index (χ1v) is 11.6. The van der Waals surface area contributed by atoms with E-state index in [1.807, 2.05) is 48.6 Å². The van der Waals surface area contributed by atoms with Gasteiger partial charge in [0.2, 0.25) is 11.8 Å². The Kier molecular flexibility index (Phi) is 6.31. The summed E-state index contributed by atoms with van der Waals surface area (Å²) >= 11 is 11.6. The number of carbonyl (C=O) groups is 1. The van der Waals surface area contributed by atoms with Gasteiger partial charge in [-0.25, -0.2) is 4.98 Å². The van der Waals surface area contributed by atoms with Gasteiger partial charge in [0.15, 0.2) is 0 Å². The van der Waals surface area contributed by atoms with E-state index in [9.17, 15) is 9.90 Å². The molecule has 2 N–H and O–H groups in total. The maximum Gasteiger partial charge on any atom is 0.258 e. The molecule has 35 heavy (non-hydrogen) atoms. The molecular formula is C28H19ClN2O3S. The molecule has 4 aromatic rings. The number of carbonyl (C=O) groups excluding carboxylic acids is 1. The fourth-order valence-corrected chi connectivity index (χ4v) is 4.23. The Bertz CT molecular complexity index is 1510. The molecule has 0 unspecified atom stereocenters. The minimum Gasteiger partial charge on any atom is -0.507 e. The van der Waals surface area contributed by atoms with Crippen LogP contribution in [0.15, 0.2) is 95.4 Å². The molecule has 0 radical (unpaired) electrons. The molecule has 0 aliphatic heterocycles. The maximum absolute atomic E-state index is 12.8. The Labute approximate surface area is 212 Å². The molecule has 0 atom stereocenters. The zero-order valence-electron chi connectivity index (χ0n) is 18.4. The monoisotopic (exact) mass is 498 g/mol. The number of thiocarbonyl (C=S) groups is 1. The van der Waals surface area contributed by atoms with Crippen molar-refractivity contribution in [3.8, 4) is 28.3 Å². The van der Waals surface area contributed by atoms with Crippen LogP contribution in [-0.2, 0) is 0 Å². The number of amides is 1. The largest absolute Gasteiger partial charge is 0.507 e. The van der Waals surface area contributed by atoms with Crippen molar-refractivity contribution in [2.45, 2.75) is 6.42 Å². The number of rotatable bonds is 5. The van der Waals surface area contributed by atoms with Crippen LogP contribution in [0.2, 0.25) is 5.02 Å². The molecule has 172 valence electrons. The number of halogens is 1. The van der Waals surface area contributed by atoms with Gasteiger partial charge in [-0.15, -0.1) is 0 Å². The number of hydrogen-bond donors (Lipinski definition) is 2. The smallest absolute Gasteiger partial charge is 0.258 e. The zero-order valence-corrected chi connectivity index (χ0v) is 19.9. The lowest BCUT2D eigenvalue weighted by Crippen LogP contribution is -2.13. The summed E-state index contributed by atoms with van der Waals surface area (Å²) in [5.74, 6) is -0.0305. The lowest BCUT2D eigenvalue weighted by atomic mass is 10.0. The molecule has 0 saturated carbocycles. The number of allylic oxidation sites excluding steroid dienone is 4. The molecular weight excluding hydrogens is 480 g/mol. The predicted molar refractivity (Wildman–Crippen MR) is 143 cm³/mol. The lowest BCUT2D eigenvalue weighted by Gasteiger charge is -2.09. The van der Waals surface area contributed by atoms with E-state index in [0.29, 0.717) is 38.7 Å². The highest BCUT2D eigenvalue weighted by atomic mass is 35.5. The van der Waals surface area contributed by atoms with Gasteiger partial charge in [-0.05, 0) is 47.5 Å². The SMILES string of the molecule is O=C(Nc1oc(-c2ccc(-c3cccc(Cl)c3)cc2O)nc1C1=CC=CCC1=S)c1ccccc1. The predicted octanol–water partition coefficient (Wildman–Crippen LogP) is 7.33. The molecule has 3 aromatic carbocycles. The summed E-state index contributed by atoms with van der Waals surface area (Å²) in [6.07, 6.45) is 6.28. The van der Waals surface area contributed by atoms with Crippen LogP contribution in [0.5, 0.6) is 5.75 Å². The number of anilines is 1. The molecule has 1 aromatic heterocycles. The van der Waals surface area contributed by atoms with Crippen molar-refractivity contribution in [3.05, 3.63) is 107 Å². The van der Waals surface area contributed by atoms with Crippen molar-refractivity contribution in [2.24, 2.45) is 0 Å². The number of aromatic hydroxyl groups is 1. The Balaban J connectivity index is 1.55. The molecule has 1 aliphatic rings. The normalized spacial score (nSPS) is 12.9. The van der Waals surface area contributed by atoms with Gasteiger partial charge in [0.1, 0.15) is 11.4 Å². The van der Waals surface area contributed by atoms with Gasteiger partial charge in [0.25, 0.3) is 5.91 Å². The van der Waals surface area contributed by atoms with Gasteiger partial charge in [0.05, 0.1) is 5.56 Å². The molecule has 1 amide bonds. The number of oxazole rings is 1. The minimum absolute atomic E-state index is 0.0173. The van der Waals surface area contributed by atoms with Crippen LogP contribution >= 0.6 is 23.8 Å². The standard InChI is InChI=1S/C28H19ClN2O3S/c29-20-10-6-9-18(15-20)19-13-14-21(23(32)16-19)27-30-25(22-11-4-5-12-24(22)35)28(34-27)31-26(33)17-7-2-1-3-8-17/h1-11,13-16,32H,12H2,(H,31,33). The number of nitrogens with one attached hydrogen (secondary N) is 1. The van der Waals surface area contributed by atoms with Crippen molar-refractivity contribution in [3.63, 3.8) is 0 Å². The van der Waals surface area contributed by atoms with E-state index in [-0.39, 0.29) is 23.4 Å². The Morgan fingerprint density at radius 3 is 2.57 bits per heavy atom. The summed E-state index contributed by atoms with van der Waals surface area (Å²) < 4.78 is 5.99. The van der Waals surface area contributed by atoms with Crippen molar-refractivity contribution in [1.29, 1.82) is 0 Å². The summed E-state index contributed by atoms with van der Waals surface area (Å²) in [5.41, 5.74) is 3.63. The molecule has 5 nitrogen and oxygen atoms in total. The van der Waals surface area contributed by atoms with Gasteiger partial charge < -0.3 is 9.52 Å². The first-order chi connectivity index (χ1) is 17.0. The van der Waals surface area contributed by atoms with E-state index in [2.05, 4.69) is 10.3 Å². The van der Waals surface area contributed by atoms with E-state index < -0.39 is 0 Å². The third-order valence-corrected chi connectivity index (χ3v) is 6.16. The average Bonchev–Trinajstić information content (AvgIpc) is 3.27. The van der Waals surface area contributed by atoms with Crippen LogP contribution in [0.4, 0.5) is 5.88 Å². The molecule has 0 saturated heterocycles. The number of aromatic nitrogens is 1. The highest BCUT2D eigenvalue weighted by Gasteiger charge is 2.24. The van der Waals surface area contributed by atoms with Crippen molar-refractivity contribution in [2.75, 3.05) is 5.32 Å². The van der Waals surface area contributed by atoms with E-state index in [0.717, 1.165) is 11.1 Å². The average molecular weight is 499 g/mol. The molecule has 1 heterocycles. The Hall–Kier alpha value is -4.00. The number of benzene rings is 3. The lowest BCUT2D eigenvalue weighted by molar-refractivity contribution is 0.102. The highest BCUT2D eigenvalue weighted by Crippen LogP contribution is 2.38. The Morgan fingerprint density at radius 2 is 1.83 bits per heavy atom. The fourth-order valence-electron chi connectivity index (χ4n) is 3.78. The highest BCUT2D eigenvalue weighted by molar-refractivity contribution is 7.81. The molecule has 1 aliphatic carbocycles.